The molecule has 2 aromatic carbocycles. The van der Waals surface area contributed by atoms with Crippen LogP contribution < -0.4 is 19.5 Å². The van der Waals surface area contributed by atoms with E-state index in [1.54, 1.807) is 43.3 Å². The molecule has 0 aliphatic heterocycles. The molecule has 0 aromatic heterocycles. The number of carbonyl (C=O) groups excluding carboxylic acids is 1. The molecule has 2 N–H and O–H groups in total. The van der Waals surface area contributed by atoms with Gasteiger partial charge in [-0.25, -0.2) is 13.1 Å². The number of methoxy groups -OCH3 is 2. The van der Waals surface area contributed by atoms with E-state index in [1.165, 1.54) is 20.3 Å². The predicted molar refractivity (Wildman–Crippen MR) is 94.5 cm³/mol. The Morgan fingerprint density at radius 2 is 1.72 bits per heavy atom. The van der Waals surface area contributed by atoms with Gasteiger partial charge in [-0.2, -0.15) is 0 Å². The highest BCUT2D eigenvalue weighted by molar-refractivity contribution is 7.89. The Hall–Kier alpha value is -2.58. The molecule has 1 amide bonds. The standard InChI is InChI=1S/C17H20N2O5S/c1-12-6-4-5-7-16(12)25(21,22)18-11-17(20)19-13-8-9-14(23-2)15(10-13)24-3/h4-10,18H,11H2,1-3H3,(H,19,20). The molecule has 25 heavy (non-hydrogen) atoms. The monoisotopic (exact) mass is 364 g/mol. The SMILES string of the molecule is COc1ccc(NC(=O)CNS(=O)(=O)c2ccccc2C)cc1OC. The molecule has 2 aromatic rings. The molecule has 0 radical (unpaired) electrons. The Labute approximate surface area is 147 Å². The van der Waals surface area contributed by atoms with Crippen molar-refractivity contribution in [3.8, 4) is 11.5 Å². The zero-order valence-corrected chi connectivity index (χ0v) is 15.0. The van der Waals surface area contributed by atoms with E-state index in [1.807, 2.05) is 0 Å². The van der Waals surface area contributed by atoms with Gasteiger partial charge in [0.1, 0.15) is 0 Å². The molecule has 0 spiro atoms. The third-order valence-electron chi connectivity index (χ3n) is 3.47. The number of sulfonamides is 1. The summed E-state index contributed by atoms with van der Waals surface area (Å²) < 4.78 is 37.1. The lowest BCUT2D eigenvalue weighted by atomic mass is 10.2. The highest BCUT2D eigenvalue weighted by atomic mass is 32.2. The maximum Gasteiger partial charge on any atom is 0.241 e. The van der Waals surface area contributed by atoms with Crippen molar-refractivity contribution < 1.29 is 22.7 Å². The molecule has 0 saturated carbocycles. The third-order valence-corrected chi connectivity index (χ3v) is 5.03. The molecule has 0 heterocycles. The van der Waals surface area contributed by atoms with Crippen LogP contribution >= 0.6 is 0 Å². The van der Waals surface area contributed by atoms with E-state index < -0.39 is 15.9 Å². The van der Waals surface area contributed by atoms with Gasteiger partial charge in [0.15, 0.2) is 11.5 Å². The van der Waals surface area contributed by atoms with E-state index in [0.29, 0.717) is 22.7 Å². The summed E-state index contributed by atoms with van der Waals surface area (Å²) in [6.45, 7) is 1.31. The molecule has 0 fully saturated rings. The molecule has 0 aliphatic rings. The highest BCUT2D eigenvalue weighted by Crippen LogP contribution is 2.29. The van der Waals surface area contributed by atoms with Gasteiger partial charge < -0.3 is 14.8 Å². The molecule has 7 nitrogen and oxygen atoms in total. The number of nitrogens with one attached hydrogen (secondary N) is 2. The number of ether oxygens (including phenoxy) is 2. The number of aryl methyl sites for hydroxylation is 1. The maximum absolute atomic E-state index is 12.3. The first-order valence-electron chi connectivity index (χ1n) is 7.44. The second-order valence-corrected chi connectivity index (χ2v) is 6.94. The first-order chi connectivity index (χ1) is 11.9. The van der Waals surface area contributed by atoms with Crippen LogP contribution in [-0.2, 0) is 14.8 Å². The average molecular weight is 364 g/mol. The molecule has 0 unspecified atom stereocenters. The van der Waals surface area contributed by atoms with Crippen molar-refractivity contribution in [3.63, 3.8) is 0 Å². The number of hydrogen-bond donors (Lipinski definition) is 2. The number of anilines is 1. The van der Waals surface area contributed by atoms with Gasteiger partial charge in [-0.1, -0.05) is 18.2 Å². The lowest BCUT2D eigenvalue weighted by molar-refractivity contribution is -0.115. The fraction of sp³-hybridized carbons (Fsp3) is 0.235. The molecular weight excluding hydrogens is 344 g/mol. The van der Waals surface area contributed by atoms with Crippen LogP contribution in [0.5, 0.6) is 11.5 Å². The number of carbonyl (C=O) groups is 1. The van der Waals surface area contributed by atoms with Gasteiger partial charge in [0.25, 0.3) is 0 Å². The lowest BCUT2D eigenvalue weighted by Crippen LogP contribution is -2.33. The summed E-state index contributed by atoms with van der Waals surface area (Å²) in [6, 6.07) is 11.4. The zero-order chi connectivity index (χ0) is 18.4. The van der Waals surface area contributed by atoms with Crippen molar-refractivity contribution in [2.45, 2.75) is 11.8 Å². The fourth-order valence-electron chi connectivity index (χ4n) is 2.22. The summed E-state index contributed by atoms with van der Waals surface area (Å²) >= 11 is 0. The summed E-state index contributed by atoms with van der Waals surface area (Å²) in [5, 5.41) is 2.61. The van der Waals surface area contributed by atoms with Gasteiger partial charge in [-0.15, -0.1) is 0 Å². The molecule has 134 valence electrons. The van der Waals surface area contributed by atoms with Gasteiger partial charge in [-0.3, -0.25) is 4.79 Å². The van der Waals surface area contributed by atoms with Crippen molar-refractivity contribution in [2.75, 3.05) is 26.1 Å². The molecule has 0 aliphatic carbocycles. The van der Waals surface area contributed by atoms with Gasteiger partial charge in [-0.05, 0) is 30.7 Å². The summed E-state index contributed by atoms with van der Waals surface area (Å²) in [6.07, 6.45) is 0. The summed E-state index contributed by atoms with van der Waals surface area (Å²) in [7, 11) is -0.761. The van der Waals surface area contributed by atoms with E-state index in [9.17, 15) is 13.2 Å². The molecular formula is C17H20N2O5S. The van der Waals surface area contributed by atoms with Crippen molar-refractivity contribution in [1.82, 2.24) is 4.72 Å². The van der Waals surface area contributed by atoms with E-state index in [-0.39, 0.29) is 11.4 Å². The Kier molecular flexibility index (Phi) is 6.00. The molecule has 0 atom stereocenters. The molecule has 2 rings (SSSR count). The highest BCUT2D eigenvalue weighted by Gasteiger charge is 2.17. The number of benzene rings is 2. The van der Waals surface area contributed by atoms with E-state index in [0.717, 1.165) is 0 Å². The molecule has 0 bridgehead atoms. The Morgan fingerprint density at radius 3 is 2.36 bits per heavy atom. The zero-order valence-electron chi connectivity index (χ0n) is 14.2. The smallest absolute Gasteiger partial charge is 0.241 e. The van der Waals surface area contributed by atoms with Gasteiger partial charge in [0.05, 0.1) is 25.7 Å². The van der Waals surface area contributed by atoms with Crippen LogP contribution in [0, 0.1) is 6.92 Å². The minimum atomic E-state index is -3.76. The normalized spacial score (nSPS) is 11.0. The number of rotatable bonds is 7. The first-order valence-corrected chi connectivity index (χ1v) is 8.93. The van der Waals surface area contributed by atoms with Crippen LogP contribution in [0.25, 0.3) is 0 Å². The summed E-state index contributed by atoms with van der Waals surface area (Å²) in [5.41, 5.74) is 1.08. The van der Waals surface area contributed by atoms with E-state index >= 15 is 0 Å². The minimum Gasteiger partial charge on any atom is -0.493 e. The Bertz CT molecular complexity index is 865. The van der Waals surface area contributed by atoms with Crippen molar-refractivity contribution in [3.05, 3.63) is 48.0 Å². The van der Waals surface area contributed by atoms with E-state index in [2.05, 4.69) is 10.0 Å². The van der Waals surface area contributed by atoms with Gasteiger partial charge in [0.2, 0.25) is 15.9 Å². The predicted octanol–water partition coefficient (Wildman–Crippen LogP) is 1.93. The maximum atomic E-state index is 12.3. The van der Waals surface area contributed by atoms with Crippen LogP contribution in [0.1, 0.15) is 5.56 Å². The molecule has 8 heteroatoms. The van der Waals surface area contributed by atoms with Crippen LogP contribution in [0.3, 0.4) is 0 Å². The third kappa shape index (κ3) is 4.71. The summed E-state index contributed by atoms with van der Waals surface area (Å²) in [4.78, 5) is 12.2. The second kappa shape index (κ2) is 8.00. The van der Waals surface area contributed by atoms with Crippen LogP contribution in [0.2, 0.25) is 0 Å². The average Bonchev–Trinajstić information content (AvgIpc) is 2.60. The summed E-state index contributed by atoms with van der Waals surface area (Å²) in [5.74, 6) is 0.492. The Balaban J connectivity index is 2.02. The fourth-order valence-corrected chi connectivity index (χ4v) is 3.44. The molecule has 0 saturated heterocycles. The van der Waals surface area contributed by atoms with Crippen molar-refractivity contribution in [2.24, 2.45) is 0 Å². The van der Waals surface area contributed by atoms with Crippen molar-refractivity contribution >= 4 is 21.6 Å². The lowest BCUT2D eigenvalue weighted by Gasteiger charge is -2.11. The van der Waals surface area contributed by atoms with E-state index in [4.69, 9.17) is 9.47 Å². The van der Waals surface area contributed by atoms with Gasteiger partial charge in [0, 0.05) is 11.8 Å². The quantitative estimate of drug-likeness (QED) is 0.783. The number of hydrogen-bond acceptors (Lipinski definition) is 5. The first kappa shape index (κ1) is 18.8. The Morgan fingerprint density at radius 1 is 1.04 bits per heavy atom. The van der Waals surface area contributed by atoms with Crippen LogP contribution in [-0.4, -0.2) is 35.1 Å². The second-order valence-electron chi connectivity index (χ2n) is 5.21. The minimum absolute atomic E-state index is 0.147. The van der Waals surface area contributed by atoms with Gasteiger partial charge >= 0.3 is 0 Å². The van der Waals surface area contributed by atoms with Crippen LogP contribution in [0.4, 0.5) is 5.69 Å². The van der Waals surface area contributed by atoms with Crippen LogP contribution in [0.15, 0.2) is 47.4 Å². The van der Waals surface area contributed by atoms with Crippen molar-refractivity contribution in [1.29, 1.82) is 0 Å². The topological polar surface area (TPSA) is 93.7 Å². The largest absolute Gasteiger partial charge is 0.493 e. The number of amides is 1.